The fourth-order valence-corrected chi connectivity index (χ4v) is 2.91. The summed E-state index contributed by atoms with van der Waals surface area (Å²) in [5.74, 6) is 0.660. The van der Waals surface area contributed by atoms with Crippen LogP contribution in [0.1, 0.15) is 27.7 Å². The Labute approximate surface area is 128 Å². The molecule has 2 N–H and O–H groups in total. The molecule has 1 aromatic carbocycles. The first kappa shape index (κ1) is 17.9. The van der Waals surface area contributed by atoms with E-state index >= 15 is 0 Å². The molecule has 5 nitrogen and oxygen atoms in total. The first-order valence-electron chi connectivity index (χ1n) is 7.06. The summed E-state index contributed by atoms with van der Waals surface area (Å²) in [5, 5.41) is 2.98. The van der Waals surface area contributed by atoms with Crippen molar-refractivity contribution < 1.29 is 13.2 Å². The summed E-state index contributed by atoms with van der Waals surface area (Å²) < 4.78 is 32.8. The molecule has 6 heteroatoms. The fraction of sp³-hybridized carbons (Fsp3) is 0.600. The smallest absolute Gasteiger partial charge is 0.240 e. The predicted octanol–water partition coefficient (Wildman–Crippen LogP) is 2.00. The van der Waals surface area contributed by atoms with Gasteiger partial charge in [0.05, 0.1) is 4.90 Å². The molecule has 120 valence electrons. The van der Waals surface area contributed by atoms with E-state index < -0.39 is 10.0 Å². The molecule has 0 aliphatic carbocycles. The standard InChI is InChI=1S/C15H26N2O3S/c1-12(15(2,3)4)17-21(18,19)14-8-6-13(7-9-14)20-11-10-16-5/h6-9,12,16-17H,10-11H2,1-5H3. The van der Waals surface area contributed by atoms with Crippen molar-refractivity contribution in [3.63, 3.8) is 0 Å². The summed E-state index contributed by atoms with van der Waals surface area (Å²) >= 11 is 0. The van der Waals surface area contributed by atoms with Crippen molar-refractivity contribution in [2.45, 2.75) is 38.6 Å². The third kappa shape index (κ3) is 5.65. The Kier molecular flexibility index (Phi) is 6.19. The van der Waals surface area contributed by atoms with Crippen LogP contribution in [0.15, 0.2) is 29.2 Å². The molecule has 1 unspecified atom stereocenters. The van der Waals surface area contributed by atoms with Gasteiger partial charge in [0.25, 0.3) is 0 Å². The van der Waals surface area contributed by atoms with Crippen molar-refractivity contribution in [2.75, 3.05) is 20.2 Å². The van der Waals surface area contributed by atoms with E-state index in [4.69, 9.17) is 4.74 Å². The van der Waals surface area contributed by atoms with Gasteiger partial charge in [0.15, 0.2) is 0 Å². The Morgan fingerprint density at radius 3 is 2.24 bits per heavy atom. The molecular weight excluding hydrogens is 288 g/mol. The lowest BCUT2D eigenvalue weighted by atomic mass is 9.89. The minimum atomic E-state index is -3.50. The average Bonchev–Trinajstić information content (AvgIpc) is 2.38. The van der Waals surface area contributed by atoms with E-state index in [1.807, 2.05) is 34.7 Å². The average molecular weight is 314 g/mol. The van der Waals surface area contributed by atoms with E-state index in [0.717, 1.165) is 6.54 Å². The second kappa shape index (κ2) is 7.24. The predicted molar refractivity (Wildman–Crippen MR) is 85.1 cm³/mol. The second-order valence-electron chi connectivity index (χ2n) is 6.13. The molecule has 0 aromatic heterocycles. The van der Waals surface area contributed by atoms with E-state index in [-0.39, 0.29) is 16.4 Å². The zero-order valence-corrected chi connectivity index (χ0v) is 14.3. The molecule has 0 heterocycles. The van der Waals surface area contributed by atoms with E-state index in [1.54, 1.807) is 24.3 Å². The molecule has 0 bridgehead atoms. The minimum absolute atomic E-state index is 0.136. The van der Waals surface area contributed by atoms with Gasteiger partial charge in [0, 0.05) is 12.6 Å². The highest BCUT2D eigenvalue weighted by molar-refractivity contribution is 7.89. The summed E-state index contributed by atoms with van der Waals surface area (Å²) in [7, 11) is -1.65. The van der Waals surface area contributed by atoms with Gasteiger partial charge >= 0.3 is 0 Å². The van der Waals surface area contributed by atoms with Crippen molar-refractivity contribution >= 4 is 10.0 Å². The van der Waals surface area contributed by atoms with Crippen LogP contribution < -0.4 is 14.8 Å². The van der Waals surface area contributed by atoms with Crippen LogP contribution in [0.3, 0.4) is 0 Å². The number of likely N-dealkylation sites (N-methyl/N-ethyl adjacent to an activating group) is 1. The monoisotopic (exact) mass is 314 g/mol. The molecule has 0 fully saturated rings. The van der Waals surface area contributed by atoms with Crippen molar-refractivity contribution in [1.29, 1.82) is 0 Å². The maximum atomic E-state index is 12.3. The molecule has 1 aromatic rings. The van der Waals surface area contributed by atoms with Gasteiger partial charge in [-0.15, -0.1) is 0 Å². The van der Waals surface area contributed by atoms with Crippen molar-refractivity contribution in [1.82, 2.24) is 10.0 Å². The molecular formula is C15H26N2O3S. The zero-order chi connectivity index (χ0) is 16.1. The van der Waals surface area contributed by atoms with Crippen LogP contribution in [0.5, 0.6) is 5.75 Å². The van der Waals surface area contributed by atoms with Crippen molar-refractivity contribution in [3.05, 3.63) is 24.3 Å². The van der Waals surface area contributed by atoms with Gasteiger partial charge in [0.1, 0.15) is 12.4 Å². The van der Waals surface area contributed by atoms with Crippen LogP contribution in [-0.2, 0) is 10.0 Å². The van der Waals surface area contributed by atoms with Crippen molar-refractivity contribution in [3.8, 4) is 5.75 Å². The van der Waals surface area contributed by atoms with E-state index in [0.29, 0.717) is 12.4 Å². The molecule has 0 spiro atoms. The summed E-state index contributed by atoms with van der Waals surface area (Å²) in [4.78, 5) is 0.250. The summed E-state index contributed by atoms with van der Waals surface area (Å²) in [6.45, 7) is 9.15. The number of hydrogen-bond donors (Lipinski definition) is 2. The van der Waals surface area contributed by atoms with Crippen LogP contribution in [0.2, 0.25) is 0 Å². The first-order chi connectivity index (χ1) is 9.66. The molecule has 1 rings (SSSR count). The lowest BCUT2D eigenvalue weighted by molar-refractivity contribution is 0.317. The normalized spacial score (nSPS) is 14.0. The minimum Gasteiger partial charge on any atom is -0.492 e. The Bertz CT molecular complexity index is 533. The van der Waals surface area contributed by atoms with E-state index in [1.165, 1.54) is 0 Å². The number of hydrogen-bond acceptors (Lipinski definition) is 4. The van der Waals surface area contributed by atoms with Crippen LogP contribution in [-0.4, -0.2) is 34.7 Å². The number of ether oxygens (including phenoxy) is 1. The molecule has 0 aliphatic heterocycles. The molecule has 21 heavy (non-hydrogen) atoms. The number of rotatable bonds is 7. The largest absolute Gasteiger partial charge is 0.492 e. The number of sulfonamides is 1. The Morgan fingerprint density at radius 1 is 1.19 bits per heavy atom. The van der Waals surface area contributed by atoms with Gasteiger partial charge in [-0.1, -0.05) is 20.8 Å². The second-order valence-corrected chi connectivity index (χ2v) is 7.85. The fourth-order valence-electron chi connectivity index (χ4n) is 1.46. The van der Waals surface area contributed by atoms with Gasteiger partial charge in [-0.3, -0.25) is 0 Å². The van der Waals surface area contributed by atoms with Crippen LogP contribution in [0.25, 0.3) is 0 Å². The van der Waals surface area contributed by atoms with Crippen LogP contribution >= 0.6 is 0 Å². The van der Waals surface area contributed by atoms with Gasteiger partial charge in [-0.2, -0.15) is 0 Å². The third-order valence-corrected chi connectivity index (χ3v) is 4.94. The molecule has 0 amide bonds. The van der Waals surface area contributed by atoms with Crippen molar-refractivity contribution in [2.24, 2.45) is 5.41 Å². The molecule has 0 saturated carbocycles. The Morgan fingerprint density at radius 2 is 1.76 bits per heavy atom. The maximum absolute atomic E-state index is 12.3. The highest BCUT2D eigenvalue weighted by atomic mass is 32.2. The quantitative estimate of drug-likeness (QED) is 0.755. The number of benzene rings is 1. The summed E-state index contributed by atoms with van der Waals surface area (Å²) in [5.41, 5.74) is -0.136. The molecule has 0 aliphatic rings. The van der Waals surface area contributed by atoms with Gasteiger partial charge in [-0.25, -0.2) is 13.1 Å². The summed E-state index contributed by atoms with van der Waals surface area (Å²) in [6.07, 6.45) is 0. The SMILES string of the molecule is CNCCOc1ccc(S(=O)(=O)NC(C)C(C)(C)C)cc1. The molecule has 1 atom stereocenters. The Hall–Kier alpha value is -1.11. The lowest BCUT2D eigenvalue weighted by Gasteiger charge is -2.27. The van der Waals surface area contributed by atoms with Gasteiger partial charge < -0.3 is 10.1 Å². The Balaban J connectivity index is 2.76. The van der Waals surface area contributed by atoms with Crippen LogP contribution in [0, 0.1) is 5.41 Å². The lowest BCUT2D eigenvalue weighted by Crippen LogP contribution is -2.41. The highest BCUT2D eigenvalue weighted by Crippen LogP contribution is 2.22. The highest BCUT2D eigenvalue weighted by Gasteiger charge is 2.25. The third-order valence-electron chi connectivity index (χ3n) is 3.39. The van der Waals surface area contributed by atoms with Crippen LogP contribution in [0.4, 0.5) is 0 Å². The van der Waals surface area contributed by atoms with E-state index in [2.05, 4.69) is 10.0 Å². The summed E-state index contributed by atoms with van der Waals surface area (Å²) in [6, 6.07) is 6.31. The van der Waals surface area contributed by atoms with Gasteiger partial charge in [0.2, 0.25) is 10.0 Å². The topological polar surface area (TPSA) is 67.4 Å². The van der Waals surface area contributed by atoms with Gasteiger partial charge in [-0.05, 0) is 43.7 Å². The zero-order valence-electron chi connectivity index (χ0n) is 13.4. The van der Waals surface area contributed by atoms with E-state index in [9.17, 15) is 8.42 Å². The number of nitrogens with one attached hydrogen (secondary N) is 2. The molecule has 0 saturated heterocycles. The maximum Gasteiger partial charge on any atom is 0.240 e. The molecule has 0 radical (unpaired) electrons. The first-order valence-corrected chi connectivity index (χ1v) is 8.55.